The molecule has 3 nitrogen and oxygen atoms in total. The topological polar surface area (TPSA) is 38.9 Å². The molecule has 51 heavy (non-hydrogen) atoms. The summed E-state index contributed by atoms with van der Waals surface area (Å²) in [6.07, 6.45) is 3.79. The summed E-state index contributed by atoms with van der Waals surface area (Å²) in [4.78, 5) is 9.06. The standard InChI is InChI=1S/C28H18NO.C19H16N.Ir/c1-18-14-15-29-25(16-18)20-7-4-6-19(17-20)21-9-5-10-23-22(21)12-13-27-28(23)24-8-2-3-11-26(24)30-27;1-14-8-10-17(11-9-14)19-12-18(15(2)13-20-19)16-6-4-3-5-7-16;/h2-6,8-17H,1H3;3-10,12-13H,1-2H3;/q2*-1;. The van der Waals surface area contributed by atoms with Crippen LogP contribution in [0.4, 0.5) is 0 Å². The van der Waals surface area contributed by atoms with E-state index in [4.69, 9.17) is 4.42 Å². The molecular formula is C47H34IrN2O-2. The molecule has 0 aliphatic carbocycles. The van der Waals surface area contributed by atoms with Gasteiger partial charge >= 0.3 is 0 Å². The van der Waals surface area contributed by atoms with Crippen LogP contribution < -0.4 is 0 Å². The van der Waals surface area contributed by atoms with Crippen LogP contribution in [0.1, 0.15) is 16.7 Å². The van der Waals surface area contributed by atoms with Gasteiger partial charge in [-0.2, -0.15) is 0 Å². The molecule has 9 rings (SSSR count). The number of pyridine rings is 2. The van der Waals surface area contributed by atoms with E-state index in [1.807, 2.05) is 48.8 Å². The first-order valence-electron chi connectivity index (χ1n) is 16.8. The van der Waals surface area contributed by atoms with Crippen LogP contribution in [0.2, 0.25) is 0 Å². The van der Waals surface area contributed by atoms with E-state index < -0.39 is 0 Å². The Kier molecular flexibility index (Phi) is 9.72. The van der Waals surface area contributed by atoms with Crippen LogP contribution in [-0.2, 0) is 20.1 Å². The van der Waals surface area contributed by atoms with Crippen LogP contribution in [0.25, 0.3) is 77.5 Å². The Morgan fingerprint density at radius 2 is 1.33 bits per heavy atom. The predicted molar refractivity (Wildman–Crippen MR) is 207 cm³/mol. The van der Waals surface area contributed by atoms with Gasteiger partial charge in [0.15, 0.2) is 0 Å². The van der Waals surface area contributed by atoms with Gasteiger partial charge in [0.25, 0.3) is 0 Å². The summed E-state index contributed by atoms with van der Waals surface area (Å²) in [7, 11) is 0. The van der Waals surface area contributed by atoms with Gasteiger partial charge in [-0.1, -0.05) is 97.4 Å². The third-order valence-electron chi connectivity index (χ3n) is 9.14. The summed E-state index contributed by atoms with van der Waals surface area (Å²) >= 11 is 0. The smallest absolute Gasteiger partial charge is 0.136 e. The molecule has 0 unspecified atom stereocenters. The second-order valence-electron chi connectivity index (χ2n) is 12.7. The van der Waals surface area contributed by atoms with Gasteiger partial charge in [0, 0.05) is 43.3 Å². The second kappa shape index (κ2) is 14.7. The monoisotopic (exact) mass is 835 g/mol. The zero-order chi connectivity index (χ0) is 34.0. The van der Waals surface area contributed by atoms with Crippen molar-refractivity contribution in [2.24, 2.45) is 0 Å². The normalized spacial score (nSPS) is 10.9. The van der Waals surface area contributed by atoms with Crippen molar-refractivity contribution in [2.45, 2.75) is 20.8 Å². The SMILES string of the molecule is Cc1c[c-]c(-c2cc(-c3ccccc3)c(C)cn2)cc1.Cc1ccnc(-c2[c-]ccc(-c3cccc4c3ccc3oc5ccccc5c34)c2)c1.[Ir]. The Morgan fingerprint density at radius 3 is 2.16 bits per heavy atom. The fourth-order valence-electron chi connectivity index (χ4n) is 6.56. The maximum atomic E-state index is 6.08. The average Bonchev–Trinajstić information content (AvgIpc) is 3.55. The van der Waals surface area contributed by atoms with Gasteiger partial charge in [0.2, 0.25) is 0 Å². The molecule has 0 amide bonds. The first kappa shape index (κ1) is 33.8. The third kappa shape index (κ3) is 6.90. The molecule has 0 fully saturated rings. The Morgan fingerprint density at radius 1 is 0.529 bits per heavy atom. The molecule has 0 aliphatic rings. The summed E-state index contributed by atoms with van der Waals surface area (Å²) in [6, 6.07) is 54.7. The van der Waals surface area contributed by atoms with Crippen LogP contribution in [0.15, 0.2) is 156 Å². The Hall–Kier alpha value is -5.67. The van der Waals surface area contributed by atoms with Crippen molar-refractivity contribution in [3.63, 3.8) is 0 Å². The summed E-state index contributed by atoms with van der Waals surface area (Å²) in [5.74, 6) is 0. The summed E-state index contributed by atoms with van der Waals surface area (Å²) in [5.41, 5.74) is 14.2. The first-order valence-corrected chi connectivity index (χ1v) is 16.8. The molecule has 0 N–H and O–H groups in total. The van der Waals surface area contributed by atoms with Crippen LogP contribution in [0.5, 0.6) is 0 Å². The maximum Gasteiger partial charge on any atom is 0.136 e. The van der Waals surface area contributed by atoms with Crippen molar-refractivity contribution in [3.8, 4) is 44.8 Å². The molecule has 0 spiro atoms. The van der Waals surface area contributed by atoms with Gasteiger partial charge in [-0.05, 0) is 76.5 Å². The van der Waals surface area contributed by atoms with Gasteiger partial charge in [-0.3, -0.25) is 0 Å². The van der Waals surface area contributed by atoms with E-state index in [-0.39, 0.29) is 20.1 Å². The second-order valence-corrected chi connectivity index (χ2v) is 12.7. The summed E-state index contributed by atoms with van der Waals surface area (Å²) in [6.45, 7) is 6.25. The molecule has 0 saturated heterocycles. The number of rotatable bonds is 4. The van der Waals surface area contributed by atoms with E-state index in [1.54, 1.807) is 0 Å². The van der Waals surface area contributed by atoms with Gasteiger partial charge < -0.3 is 14.4 Å². The van der Waals surface area contributed by atoms with Crippen LogP contribution in [-0.4, -0.2) is 9.97 Å². The number of aromatic nitrogens is 2. The van der Waals surface area contributed by atoms with Gasteiger partial charge in [-0.15, -0.1) is 70.8 Å². The quantitative estimate of drug-likeness (QED) is 0.166. The van der Waals surface area contributed by atoms with Crippen molar-refractivity contribution in [1.82, 2.24) is 9.97 Å². The van der Waals surface area contributed by atoms with E-state index >= 15 is 0 Å². The molecule has 0 saturated carbocycles. The van der Waals surface area contributed by atoms with Crippen LogP contribution >= 0.6 is 0 Å². The molecule has 3 aromatic heterocycles. The Labute approximate surface area is 312 Å². The largest absolute Gasteiger partial charge is 0.456 e. The number of aryl methyl sites for hydroxylation is 3. The van der Waals surface area contributed by atoms with Crippen molar-refractivity contribution in [2.75, 3.05) is 0 Å². The molecule has 1 radical (unpaired) electrons. The van der Waals surface area contributed by atoms with E-state index in [0.29, 0.717) is 0 Å². The van der Waals surface area contributed by atoms with E-state index in [2.05, 4.69) is 146 Å². The molecule has 0 atom stereocenters. The summed E-state index contributed by atoms with van der Waals surface area (Å²) in [5, 5.41) is 4.75. The fraction of sp³-hybridized carbons (Fsp3) is 0.0638. The molecule has 9 aromatic rings. The average molecular weight is 835 g/mol. The predicted octanol–water partition coefficient (Wildman–Crippen LogP) is 12.4. The Bertz CT molecular complexity index is 2620. The van der Waals surface area contributed by atoms with Crippen molar-refractivity contribution < 1.29 is 24.5 Å². The molecule has 4 heteroatoms. The molecule has 3 heterocycles. The molecular weight excluding hydrogens is 801 g/mol. The fourth-order valence-corrected chi connectivity index (χ4v) is 6.56. The van der Waals surface area contributed by atoms with Crippen molar-refractivity contribution in [1.29, 1.82) is 0 Å². The van der Waals surface area contributed by atoms with Crippen molar-refractivity contribution in [3.05, 3.63) is 181 Å². The molecule has 0 bridgehead atoms. The maximum absolute atomic E-state index is 6.08. The minimum atomic E-state index is 0. The molecule has 6 aromatic carbocycles. The van der Waals surface area contributed by atoms with Gasteiger partial charge in [0.1, 0.15) is 11.2 Å². The number of hydrogen-bond acceptors (Lipinski definition) is 3. The van der Waals surface area contributed by atoms with E-state index in [0.717, 1.165) is 44.6 Å². The number of para-hydroxylation sites is 1. The van der Waals surface area contributed by atoms with Crippen molar-refractivity contribution >= 4 is 32.7 Å². The first-order chi connectivity index (χ1) is 24.5. The number of fused-ring (bicyclic) bond motifs is 5. The zero-order valence-corrected chi connectivity index (χ0v) is 31.0. The third-order valence-corrected chi connectivity index (χ3v) is 9.14. The minimum Gasteiger partial charge on any atom is -0.456 e. The number of nitrogens with zero attached hydrogens (tertiary/aromatic N) is 2. The van der Waals surface area contributed by atoms with Crippen LogP contribution in [0.3, 0.4) is 0 Å². The van der Waals surface area contributed by atoms with E-state index in [1.165, 1.54) is 49.5 Å². The number of hydrogen-bond donors (Lipinski definition) is 0. The number of furan rings is 1. The molecule has 0 aliphatic heterocycles. The molecule has 249 valence electrons. The number of benzene rings is 6. The van der Waals surface area contributed by atoms with Gasteiger partial charge in [-0.25, -0.2) is 0 Å². The van der Waals surface area contributed by atoms with Crippen LogP contribution in [0, 0.1) is 32.9 Å². The van der Waals surface area contributed by atoms with E-state index in [9.17, 15) is 0 Å². The Balaban J connectivity index is 0.000000169. The minimum absolute atomic E-state index is 0. The van der Waals surface area contributed by atoms with Gasteiger partial charge in [0.05, 0.1) is 0 Å². The zero-order valence-electron chi connectivity index (χ0n) is 28.6. The summed E-state index contributed by atoms with van der Waals surface area (Å²) < 4.78 is 6.08.